The predicted octanol–water partition coefficient (Wildman–Crippen LogP) is 5.00. The van der Waals surface area contributed by atoms with Crippen molar-refractivity contribution >= 4 is 17.7 Å². The number of carbonyl (C=O) groups excluding carboxylic acids is 1. The van der Waals surface area contributed by atoms with Crippen LogP contribution in [-0.2, 0) is 4.79 Å². The molecule has 96 valence electrons. The van der Waals surface area contributed by atoms with Crippen molar-refractivity contribution in [3.8, 4) is 0 Å². The predicted molar refractivity (Wildman–Crippen MR) is 75.0 cm³/mol. The number of hydrogen-bond acceptors (Lipinski definition) is 1. The van der Waals surface area contributed by atoms with Crippen LogP contribution >= 0.6 is 12.6 Å². The summed E-state index contributed by atoms with van der Waals surface area (Å²) in [6.45, 7) is 4.23. The molecule has 0 aromatic rings. The topological polar surface area (TPSA) is 17.1 Å². The molecule has 0 bridgehead atoms. The van der Waals surface area contributed by atoms with Gasteiger partial charge in [0.15, 0.2) is 5.12 Å². The van der Waals surface area contributed by atoms with Crippen LogP contribution < -0.4 is 0 Å². The van der Waals surface area contributed by atoms with Crippen LogP contribution in [0.15, 0.2) is 0 Å². The van der Waals surface area contributed by atoms with Gasteiger partial charge in [0.05, 0.1) is 0 Å². The van der Waals surface area contributed by atoms with Crippen LogP contribution in [-0.4, -0.2) is 5.12 Å². The van der Waals surface area contributed by atoms with Crippen LogP contribution in [0, 0.1) is 5.92 Å². The first kappa shape index (κ1) is 16.0. The molecule has 0 amide bonds. The number of hydrogen-bond donors (Lipinski definition) is 1. The van der Waals surface area contributed by atoms with Gasteiger partial charge in [0.1, 0.15) is 0 Å². The zero-order chi connectivity index (χ0) is 12.2. The maximum Gasteiger partial charge on any atom is 0.188 e. The van der Waals surface area contributed by atoms with E-state index in [0.29, 0.717) is 0 Å². The minimum atomic E-state index is 0.0413. The van der Waals surface area contributed by atoms with E-state index in [-0.39, 0.29) is 11.0 Å². The highest BCUT2D eigenvalue weighted by molar-refractivity contribution is 7.96. The van der Waals surface area contributed by atoms with Crippen LogP contribution in [0.2, 0.25) is 0 Å². The lowest BCUT2D eigenvalue weighted by molar-refractivity contribution is -0.113. The molecular weight excluding hydrogens is 216 g/mol. The third-order valence-corrected chi connectivity index (χ3v) is 3.60. The maximum atomic E-state index is 10.9. The molecule has 0 rings (SSSR count). The summed E-state index contributed by atoms with van der Waals surface area (Å²) in [4.78, 5) is 10.9. The Morgan fingerprint density at radius 2 is 1.38 bits per heavy atom. The molecule has 0 heterocycles. The molecule has 0 aromatic heterocycles. The number of carbonyl (C=O) groups is 1. The lowest BCUT2D eigenvalue weighted by Crippen LogP contribution is -2.03. The van der Waals surface area contributed by atoms with Gasteiger partial charge in [-0.15, -0.1) is 12.6 Å². The second-order valence-electron chi connectivity index (χ2n) is 4.86. The van der Waals surface area contributed by atoms with E-state index in [1.807, 2.05) is 6.92 Å². The van der Waals surface area contributed by atoms with Crippen molar-refractivity contribution in [2.45, 2.75) is 78.1 Å². The Morgan fingerprint density at radius 3 is 1.81 bits per heavy atom. The highest BCUT2D eigenvalue weighted by atomic mass is 32.1. The van der Waals surface area contributed by atoms with Crippen LogP contribution in [0.4, 0.5) is 0 Å². The molecule has 0 aliphatic carbocycles. The first-order valence-corrected chi connectivity index (χ1v) is 7.36. The van der Waals surface area contributed by atoms with Crippen molar-refractivity contribution in [2.75, 3.05) is 0 Å². The van der Waals surface area contributed by atoms with Crippen molar-refractivity contribution in [2.24, 2.45) is 5.92 Å². The molecule has 0 fully saturated rings. The van der Waals surface area contributed by atoms with Crippen LogP contribution in [0.3, 0.4) is 0 Å². The molecule has 0 aliphatic rings. The Bertz CT molecular complexity index is 168. The van der Waals surface area contributed by atoms with Gasteiger partial charge in [0, 0.05) is 5.92 Å². The SMILES string of the molecule is CCCCCCCCCCCC(C)C(=O)S. The summed E-state index contributed by atoms with van der Waals surface area (Å²) in [5.74, 6) is 0.146. The number of unbranched alkanes of at least 4 members (excludes halogenated alkanes) is 8. The largest absolute Gasteiger partial charge is 0.287 e. The summed E-state index contributed by atoms with van der Waals surface area (Å²) in [6, 6.07) is 0. The monoisotopic (exact) mass is 244 g/mol. The van der Waals surface area contributed by atoms with E-state index in [9.17, 15) is 4.79 Å². The minimum Gasteiger partial charge on any atom is -0.287 e. The van der Waals surface area contributed by atoms with E-state index in [0.717, 1.165) is 6.42 Å². The molecule has 1 nitrogen and oxygen atoms in total. The summed E-state index contributed by atoms with van der Waals surface area (Å²) in [5.41, 5.74) is 0. The van der Waals surface area contributed by atoms with E-state index in [4.69, 9.17) is 0 Å². The zero-order valence-electron chi connectivity index (χ0n) is 11.0. The van der Waals surface area contributed by atoms with Gasteiger partial charge in [-0.05, 0) is 6.42 Å². The highest BCUT2D eigenvalue weighted by Gasteiger charge is 2.06. The number of rotatable bonds is 11. The Hall–Kier alpha value is 0.0200. The van der Waals surface area contributed by atoms with E-state index in [1.165, 1.54) is 57.8 Å². The Balaban J connectivity index is 3.07. The molecule has 0 radical (unpaired) electrons. The quantitative estimate of drug-likeness (QED) is 0.400. The van der Waals surface area contributed by atoms with Crippen molar-refractivity contribution in [1.29, 1.82) is 0 Å². The standard InChI is InChI=1S/C14H28OS/c1-3-4-5-6-7-8-9-10-11-12-13(2)14(15)16/h13H,3-12H2,1-2H3,(H,15,16). The summed E-state index contributed by atoms with van der Waals surface area (Å²) < 4.78 is 0. The highest BCUT2D eigenvalue weighted by Crippen LogP contribution is 2.14. The summed E-state index contributed by atoms with van der Waals surface area (Å²) in [6.07, 6.45) is 13.1. The molecular formula is C14H28OS. The zero-order valence-corrected chi connectivity index (χ0v) is 11.9. The number of thiol groups is 1. The lowest BCUT2D eigenvalue weighted by atomic mass is 10.0. The first-order valence-electron chi connectivity index (χ1n) is 6.91. The molecule has 16 heavy (non-hydrogen) atoms. The summed E-state index contributed by atoms with van der Waals surface area (Å²) >= 11 is 3.85. The molecule has 0 saturated heterocycles. The molecule has 1 atom stereocenters. The minimum absolute atomic E-state index is 0.0413. The molecule has 0 N–H and O–H groups in total. The van der Waals surface area contributed by atoms with Gasteiger partial charge in [-0.2, -0.15) is 0 Å². The van der Waals surface area contributed by atoms with Gasteiger partial charge in [-0.3, -0.25) is 4.79 Å². The molecule has 0 aliphatic heterocycles. The van der Waals surface area contributed by atoms with E-state index < -0.39 is 0 Å². The van der Waals surface area contributed by atoms with Crippen LogP contribution in [0.25, 0.3) is 0 Å². The fourth-order valence-corrected chi connectivity index (χ4v) is 2.01. The average molecular weight is 244 g/mol. The fourth-order valence-electron chi connectivity index (χ4n) is 1.88. The summed E-state index contributed by atoms with van der Waals surface area (Å²) in [7, 11) is 0. The van der Waals surface area contributed by atoms with Gasteiger partial charge in [0.2, 0.25) is 0 Å². The van der Waals surface area contributed by atoms with Gasteiger partial charge < -0.3 is 0 Å². The van der Waals surface area contributed by atoms with Crippen molar-refractivity contribution in [3.05, 3.63) is 0 Å². The molecule has 1 unspecified atom stereocenters. The van der Waals surface area contributed by atoms with Gasteiger partial charge >= 0.3 is 0 Å². The first-order chi connectivity index (χ1) is 7.68. The molecule has 0 aromatic carbocycles. The third kappa shape index (κ3) is 10.5. The lowest BCUT2D eigenvalue weighted by Gasteiger charge is -2.06. The van der Waals surface area contributed by atoms with Crippen LogP contribution in [0.1, 0.15) is 78.1 Å². The Labute approximate surface area is 107 Å². The Kier molecular flexibility index (Phi) is 11.5. The van der Waals surface area contributed by atoms with E-state index in [2.05, 4.69) is 19.6 Å². The third-order valence-electron chi connectivity index (χ3n) is 3.16. The Morgan fingerprint density at radius 1 is 0.938 bits per heavy atom. The van der Waals surface area contributed by atoms with Crippen LogP contribution in [0.5, 0.6) is 0 Å². The smallest absolute Gasteiger partial charge is 0.188 e. The van der Waals surface area contributed by atoms with Crippen molar-refractivity contribution < 1.29 is 4.79 Å². The normalized spacial score (nSPS) is 12.7. The molecule has 2 heteroatoms. The van der Waals surface area contributed by atoms with Crippen molar-refractivity contribution in [1.82, 2.24) is 0 Å². The summed E-state index contributed by atoms with van der Waals surface area (Å²) in [5, 5.41) is 0.0413. The van der Waals surface area contributed by atoms with E-state index >= 15 is 0 Å². The van der Waals surface area contributed by atoms with E-state index in [1.54, 1.807) is 0 Å². The molecule has 0 saturated carbocycles. The van der Waals surface area contributed by atoms with Gasteiger partial charge in [-0.1, -0.05) is 71.6 Å². The van der Waals surface area contributed by atoms with Gasteiger partial charge in [0.25, 0.3) is 0 Å². The maximum absolute atomic E-state index is 10.9. The molecule has 0 spiro atoms. The van der Waals surface area contributed by atoms with Gasteiger partial charge in [-0.25, -0.2) is 0 Å². The van der Waals surface area contributed by atoms with Crippen molar-refractivity contribution in [3.63, 3.8) is 0 Å². The second-order valence-corrected chi connectivity index (χ2v) is 5.30. The fraction of sp³-hybridized carbons (Fsp3) is 0.929. The second kappa shape index (κ2) is 11.5. The average Bonchev–Trinajstić information content (AvgIpc) is 2.26.